The summed E-state index contributed by atoms with van der Waals surface area (Å²) in [5.74, 6) is -0.211. The van der Waals surface area contributed by atoms with E-state index >= 15 is 0 Å². The second-order valence-electron chi connectivity index (χ2n) is 1.98. The first-order chi connectivity index (χ1) is 5.04. The number of carbonyl (C=O) groups excluding carboxylic acids is 2. The average molecular weight is 182 g/mol. The van der Waals surface area contributed by atoms with Gasteiger partial charge in [-0.25, -0.2) is 0 Å². The number of esters is 1. The monoisotopic (exact) mass is 182 g/mol. The number of carbonyl (C=O) groups is 2. The normalized spacial score (nSPS) is 7.08. The van der Waals surface area contributed by atoms with Gasteiger partial charge in [-0.15, -0.1) is 0 Å². The molecule has 0 aliphatic carbocycles. The molecule has 0 bridgehead atoms. The second-order valence-corrected chi connectivity index (χ2v) is 3.10. The predicted molar refractivity (Wildman–Crippen MR) is 53.3 cm³/mol. The van der Waals surface area contributed by atoms with Crippen molar-refractivity contribution in [2.75, 3.05) is 6.61 Å². The fourth-order valence-electron chi connectivity index (χ4n) is 0.203. The van der Waals surface area contributed by atoms with E-state index in [0.29, 0.717) is 9.64 Å². The van der Waals surface area contributed by atoms with Crippen LogP contribution in [-0.2, 0) is 14.3 Å². The van der Waals surface area contributed by atoms with Crippen molar-refractivity contribution in [3.8, 4) is 0 Å². The first kappa shape index (κ1) is 18.1. The maximum absolute atomic E-state index is 9.87. The summed E-state index contributed by atoms with van der Waals surface area (Å²) in [5.41, 5.74) is 0. The summed E-state index contributed by atoms with van der Waals surface area (Å²) in [6.07, 6.45) is 0.728. The zero-order chi connectivity index (χ0) is 9.28. The van der Waals surface area contributed by atoms with Gasteiger partial charge >= 0.3 is 55.1 Å². The molecule has 0 heterocycles. The Kier molecular flexibility index (Phi) is 20.8. The molecule has 5 heteroatoms. The van der Waals surface area contributed by atoms with E-state index in [1.165, 1.54) is 6.92 Å². The Hall–Kier alpha value is 0.205. The molecule has 0 saturated carbocycles. The van der Waals surface area contributed by atoms with Crippen molar-refractivity contribution in [1.82, 2.24) is 0 Å². The molecular weight excluding hydrogens is 166 g/mol. The fraction of sp³-hybridized carbons (Fsp3) is 0.714. The zero-order valence-corrected chi connectivity index (χ0v) is 9.64. The van der Waals surface area contributed by atoms with Gasteiger partial charge < -0.3 is 4.74 Å². The standard InChI is InChI=1S/C4H8O2.C3H5O.BH3.Na/c1-3-6-4(2)5;1-2-3-4;;/h3H2,1-2H3;2H2,1H3;1H3;. The molecule has 0 aromatic heterocycles. The molecule has 0 rings (SSSR count). The number of rotatable bonds is 2. The van der Waals surface area contributed by atoms with Crippen LogP contribution in [0.2, 0.25) is 0 Å². The average Bonchev–Trinajstić information content (AvgIpc) is 1.89. The van der Waals surface area contributed by atoms with Gasteiger partial charge in [-0.05, 0) is 6.92 Å². The van der Waals surface area contributed by atoms with E-state index < -0.39 is 0 Å². The molecule has 12 heavy (non-hydrogen) atoms. The molecular formula is C7H16BNaO3. The first-order valence-electron chi connectivity index (χ1n) is 3.67. The van der Waals surface area contributed by atoms with Crippen LogP contribution < -0.4 is 0 Å². The van der Waals surface area contributed by atoms with Crippen LogP contribution in [0.1, 0.15) is 27.2 Å². The molecule has 0 aromatic rings. The van der Waals surface area contributed by atoms with Gasteiger partial charge in [0.2, 0.25) is 0 Å². The van der Waals surface area contributed by atoms with Crippen molar-refractivity contribution in [2.24, 2.45) is 0 Å². The quantitative estimate of drug-likeness (QED) is 0.426. The zero-order valence-electron chi connectivity index (χ0n) is 7.64. The molecule has 0 aliphatic rings. The van der Waals surface area contributed by atoms with Crippen molar-refractivity contribution in [1.29, 1.82) is 0 Å². The molecule has 0 spiro atoms. The Morgan fingerprint density at radius 3 is 1.67 bits per heavy atom. The fourth-order valence-corrected chi connectivity index (χ4v) is 0.203. The van der Waals surface area contributed by atoms with Crippen LogP contribution in [0.15, 0.2) is 0 Å². The van der Waals surface area contributed by atoms with E-state index in [9.17, 15) is 9.59 Å². The van der Waals surface area contributed by atoms with Gasteiger partial charge in [0.1, 0.15) is 0 Å². The van der Waals surface area contributed by atoms with Crippen LogP contribution in [0.25, 0.3) is 0 Å². The molecule has 3 nitrogen and oxygen atoms in total. The Bertz CT molecular complexity index is 128. The third-order valence-corrected chi connectivity index (χ3v) is 1.55. The SMILES string of the molecule is B.CCOC(C)=O.CC[C](=O)[Na]. The molecule has 0 amide bonds. The molecule has 0 fully saturated rings. The first-order valence-corrected chi connectivity index (χ1v) is 4.67. The Morgan fingerprint density at radius 2 is 1.67 bits per heavy atom. The third kappa shape index (κ3) is 31.9. The molecule has 0 unspecified atom stereocenters. The van der Waals surface area contributed by atoms with Gasteiger partial charge in [-0.1, -0.05) is 0 Å². The molecule has 0 aliphatic heterocycles. The summed E-state index contributed by atoms with van der Waals surface area (Å²) in [6, 6.07) is 0. The van der Waals surface area contributed by atoms with Gasteiger partial charge in [0.15, 0.2) is 0 Å². The molecule has 0 atom stereocenters. The summed E-state index contributed by atoms with van der Waals surface area (Å²) >= 11 is 0.731. The van der Waals surface area contributed by atoms with Gasteiger partial charge in [-0.2, -0.15) is 0 Å². The van der Waals surface area contributed by atoms with Crippen LogP contribution in [-0.4, -0.2) is 52.0 Å². The van der Waals surface area contributed by atoms with Crippen molar-refractivity contribution >= 4 is 45.3 Å². The van der Waals surface area contributed by atoms with Gasteiger partial charge in [0, 0.05) is 6.92 Å². The molecule has 0 aromatic carbocycles. The number of hydrogen-bond donors (Lipinski definition) is 0. The van der Waals surface area contributed by atoms with E-state index in [1.807, 2.05) is 6.92 Å². The summed E-state index contributed by atoms with van der Waals surface area (Å²) in [7, 11) is 0. The molecule has 0 N–H and O–H groups in total. The number of hydrogen-bond acceptors (Lipinski definition) is 3. The van der Waals surface area contributed by atoms with Gasteiger partial charge in [0.05, 0.1) is 15.0 Å². The number of ether oxygens (including phenoxy) is 1. The summed E-state index contributed by atoms with van der Waals surface area (Å²) in [6.45, 7) is 5.54. The van der Waals surface area contributed by atoms with E-state index in [4.69, 9.17) is 0 Å². The Labute approximate surface area is 93.2 Å². The van der Waals surface area contributed by atoms with E-state index in [0.717, 1.165) is 34.4 Å². The summed E-state index contributed by atoms with van der Waals surface area (Å²) < 4.78 is 4.80. The van der Waals surface area contributed by atoms with Gasteiger partial charge in [0.25, 0.3) is 0 Å². The van der Waals surface area contributed by atoms with E-state index in [-0.39, 0.29) is 14.4 Å². The topological polar surface area (TPSA) is 43.4 Å². The summed E-state index contributed by atoms with van der Waals surface area (Å²) in [5, 5.41) is 0. The van der Waals surface area contributed by atoms with Crippen LogP contribution >= 0.6 is 0 Å². The third-order valence-electron chi connectivity index (χ3n) is 0.845. The maximum atomic E-state index is 9.87. The molecule has 0 saturated heterocycles. The van der Waals surface area contributed by atoms with Crippen LogP contribution in [0.3, 0.4) is 0 Å². The van der Waals surface area contributed by atoms with E-state index in [2.05, 4.69) is 4.74 Å². The minimum absolute atomic E-state index is 0. The van der Waals surface area contributed by atoms with Crippen LogP contribution in [0.5, 0.6) is 0 Å². The van der Waals surface area contributed by atoms with Gasteiger partial charge in [-0.3, -0.25) is 4.79 Å². The molecule has 0 radical (unpaired) electrons. The molecule has 66 valence electrons. The van der Waals surface area contributed by atoms with Crippen LogP contribution in [0.4, 0.5) is 0 Å². The second kappa shape index (κ2) is 13.8. The van der Waals surface area contributed by atoms with Crippen molar-refractivity contribution in [3.63, 3.8) is 0 Å². The minimum atomic E-state index is -0.211. The van der Waals surface area contributed by atoms with Crippen molar-refractivity contribution in [2.45, 2.75) is 27.2 Å². The summed E-state index contributed by atoms with van der Waals surface area (Å²) in [4.78, 5) is 19.7. The van der Waals surface area contributed by atoms with Crippen molar-refractivity contribution < 1.29 is 14.3 Å². The van der Waals surface area contributed by atoms with Crippen molar-refractivity contribution in [3.05, 3.63) is 0 Å². The predicted octanol–water partition coefficient (Wildman–Crippen LogP) is -0.523. The Morgan fingerprint density at radius 1 is 1.33 bits per heavy atom. The van der Waals surface area contributed by atoms with E-state index in [1.54, 1.807) is 6.92 Å². The van der Waals surface area contributed by atoms with Crippen LogP contribution in [0, 0.1) is 0 Å². The Balaban J connectivity index is -0.000000126.